The van der Waals surface area contributed by atoms with Gasteiger partial charge < -0.3 is 25.5 Å². The van der Waals surface area contributed by atoms with Crippen LogP contribution in [-0.4, -0.2) is 18.9 Å². The van der Waals surface area contributed by atoms with Crippen molar-refractivity contribution in [3.05, 3.63) is 77.3 Å². The predicted octanol–water partition coefficient (Wildman–Crippen LogP) is 3.08. The molecule has 0 radical (unpaired) electrons. The minimum Gasteiger partial charge on any atom is -0.497 e. The molecule has 1 aliphatic heterocycles. The van der Waals surface area contributed by atoms with Crippen LogP contribution in [0.1, 0.15) is 27.7 Å². The lowest BCUT2D eigenvalue weighted by Gasteiger charge is -2.34. The molecule has 1 unspecified atom stereocenters. The summed E-state index contributed by atoms with van der Waals surface area (Å²) < 4.78 is 24.6. The minimum absolute atomic E-state index is 0.228. The van der Waals surface area contributed by atoms with Gasteiger partial charge >= 0.3 is 0 Å². The number of methoxy groups -OCH3 is 1. The molecule has 1 aliphatic rings. The molecule has 7 nitrogen and oxygen atoms in total. The van der Waals surface area contributed by atoms with Crippen LogP contribution in [0.15, 0.2) is 64.2 Å². The second-order valence-electron chi connectivity index (χ2n) is 6.19. The summed E-state index contributed by atoms with van der Waals surface area (Å²) >= 11 is 0. The third kappa shape index (κ3) is 2.89. The van der Waals surface area contributed by atoms with E-state index in [4.69, 9.17) is 20.6 Å². The van der Waals surface area contributed by atoms with Crippen LogP contribution in [-0.2, 0) is 0 Å². The second kappa shape index (κ2) is 6.82. The first-order valence-corrected chi connectivity index (χ1v) is 8.44. The summed E-state index contributed by atoms with van der Waals surface area (Å²) in [5.74, 6) is -0.115. The summed E-state index contributed by atoms with van der Waals surface area (Å²) in [6.45, 7) is 0. The van der Waals surface area contributed by atoms with Crippen molar-refractivity contribution in [2.24, 2.45) is 16.5 Å². The van der Waals surface area contributed by atoms with Crippen molar-refractivity contribution in [1.82, 2.24) is 0 Å². The van der Waals surface area contributed by atoms with E-state index in [1.807, 2.05) is 12.1 Å². The van der Waals surface area contributed by atoms with Gasteiger partial charge in [0.2, 0.25) is 5.88 Å². The van der Waals surface area contributed by atoms with E-state index in [1.54, 1.807) is 30.2 Å². The van der Waals surface area contributed by atoms with Crippen molar-refractivity contribution >= 4 is 23.3 Å². The number of hydrogen-bond acceptors (Lipinski definition) is 6. The fourth-order valence-corrected chi connectivity index (χ4v) is 3.13. The Kier molecular flexibility index (Phi) is 4.32. The Hall–Kier alpha value is -3.65. The van der Waals surface area contributed by atoms with Gasteiger partial charge in [-0.15, -0.1) is 0 Å². The van der Waals surface area contributed by atoms with Gasteiger partial charge in [0.1, 0.15) is 23.6 Å². The summed E-state index contributed by atoms with van der Waals surface area (Å²) in [6.07, 6.45) is 0.902. The largest absolute Gasteiger partial charge is 0.497 e. The molecular formula is C20H17FN4O3. The average Bonchev–Trinajstić information content (AvgIpc) is 3.17. The van der Waals surface area contributed by atoms with Crippen LogP contribution in [0.2, 0.25) is 0 Å². The number of anilines is 1. The van der Waals surface area contributed by atoms with Crippen LogP contribution in [0, 0.1) is 5.82 Å². The highest BCUT2D eigenvalue weighted by molar-refractivity contribution is 6.13. The number of amidine groups is 1. The van der Waals surface area contributed by atoms with Crippen molar-refractivity contribution in [2.45, 2.75) is 6.17 Å². The third-order valence-corrected chi connectivity index (χ3v) is 4.55. The number of rotatable bonds is 4. The molecule has 2 aromatic carbocycles. The van der Waals surface area contributed by atoms with Crippen molar-refractivity contribution in [3.8, 4) is 5.75 Å². The van der Waals surface area contributed by atoms with Crippen LogP contribution >= 0.6 is 0 Å². The molecule has 0 bridgehead atoms. The summed E-state index contributed by atoms with van der Waals surface area (Å²) in [6, 6.07) is 13.0. The topological polar surface area (TPSA) is 107 Å². The first kappa shape index (κ1) is 17.7. The Morgan fingerprint density at radius 1 is 1.21 bits per heavy atom. The number of ether oxygens (including phenoxy) is 1. The Bertz CT molecular complexity index is 1080. The molecular weight excluding hydrogens is 363 g/mol. The van der Waals surface area contributed by atoms with Crippen LogP contribution in [0.4, 0.5) is 16.0 Å². The average molecular weight is 380 g/mol. The summed E-state index contributed by atoms with van der Waals surface area (Å²) in [7, 11) is 1.58. The molecule has 1 amide bonds. The van der Waals surface area contributed by atoms with Gasteiger partial charge in [-0.25, -0.2) is 4.39 Å². The van der Waals surface area contributed by atoms with Crippen LogP contribution in [0.3, 0.4) is 0 Å². The third-order valence-electron chi connectivity index (χ3n) is 4.55. The maximum Gasteiger partial charge on any atom is 0.251 e. The number of aliphatic imine (C=N–C) groups is 1. The van der Waals surface area contributed by atoms with Gasteiger partial charge in [0, 0.05) is 11.3 Å². The summed E-state index contributed by atoms with van der Waals surface area (Å²) in [5.41, 5.74) is 13.5. The molecule has 28 heavy (non-hydrogen) atoms. The molecule has 142 valence electrons. The van der Waals surface area contributed by atoms with Crippen molar-refractivity contribution in [2.75, 3.05) is 12.0 Å². The number of primary amides is 1. The van der Waals surface area contributed by atoms with Gasteiger partial charge in [0.15, 0.2) is 0 Å². The Morgan fingerprint density at radius 3 is 2.64 bits per heavy atom. The second-order valence-corrected chi connectivity index (χ2v) is 6.19. The zero-order chi connectivity index (χ0) is 19.8. The Balaban J connectivity index is 1.88. The molecule has 0 spiro atoms. The van der Waals surface area contributed by atoms with Gasteiger partial charge in [-0.2, -0.15) is 4.99 Å². The standard InChI is InChI=1S/C20H17FN4O3/c1-27-13-5-3-12(4-6-13)25-17(22)14-8-9-28-20(14)24-19(25)11-2-7-16(21)15(10-11)18(23)26/h2-10,17H,22H2,1H3,(H2,23,26). The molecule has 1 atom stereocenters. The molecule has 1 aromatic heterocycles. The van der Waals surface area contributed by atoms with Crippen molar-refractivity contribution < 1.29 is 18.3 Å². The predicted molar refractivity (Wildman–Crippen MR) is 102 cm³/mol. The number of carbonyl (C=O) groups is 1. The zero-order valence-electron chi connectivity index (χ0n) is 14.9. The van der Waals surface area contributed by atoms with Gasteiger partial charge in [0.25, 0.3) is 5.91 Å². The quantitative estimate of drug-likeness (QED) is 0.723. The molecule has 0 fully saturated rings. The number of benzene rings is 2. The summed E-state index contributed by atoms with van der Waals surface area (Å²) in [5, 5.41) is 0. The molecule has 3 aromatic rings. The van der Waals surface area contributed by atoms with Gasteiger partial charge in [0.05, 0.1) is 24.5 Å². The fraction of sp³-hybridized carbons (Fsp3) is 0.100. The maximum atomic E-state index is 13.9. The first-order chi connectivity index (χ1) is 13.5. The number of nitrogens with two attached hydrogens (primary N) is 2. The number of nitrogens with zero attached hydrogens (tertiary/aromatic N) is 2. The zero-order valence-corrected chi connectivity index (χ0v) is 14.9. The molecule has 0 saturated heterocycles. The van der Waals surface area contributed by atoms with E-state index in [1.165, 1.54) is 24.5 Å². The minimum atomic E-state index is -0.866. The van der Waals surface area contributed by atoms with E-state index >= 15 is 0 Å². The van der Waals surface area contributed by atoms with E-state index in [2.05, 4.69) is 4.99 Å². The molecule has 8 heteroatoms. The normalized spacial score (nSPS) is 15.8. The Morgan fingerprint density at radius 2 is 1.96 bits per heavy atom. The van der Waals surface area contributed by atoms with Gasteiger partial charge in [-0.1, -0.05) is 0 Å². The number of hydrogen-bond donors (Lipinski definition) is 2. The van der Waals surface area contributed by atoms with Crippen LogP contribution in [0.25, 0.3) is 0 Å². The number of carbonyl (C=O) groups excluding carboxylic acids is 1. The van der Waals surface area contributed by atoms with Gasteiger partial charge in [-0.05, 0) is 48.5 Å². The van der Waals surface area contributed by atoms with Crippen LogP contribution in [0.5, 0.6) is 5.75 Å². The number of halogens is 1. The highest BCUT2D eigenvalue weighted by Crippen LogP contribution is 2.38. The lowest BCUT2D eigenvalue weighted by atomic mass is 10.0. The molecule has 4 N–H and O–H groups in total. The monoisotopic (exact) mass is 380 g/mol. The van der Waals surface area contributed by atoms with E-state index < -0.39 is 17.9 Å². The summed E-state index contributed by atoms with van der Waals surface area (Å²) in [4.78, 5) is 17.9. The number of furan rings is 1. The fourth-order valence-electron chi connectivity index (χ4n) is 3.13. The van der Waals surface area contributed by atoms with E-state index in [0.717, 1.165) is 5.69 Å². The first-order valence-electron chi connectivity index (χ1n) is 8.44. The molecule has 0 saturated carbocycles. The van der Waals surface area contributed by atoms with E-state index in [9.17, 15) is 9.18 Å². The lowest BCUT2D eigenvalue weighted by Crippen LogP contribution is -2.42. The van der Waals surface area contributed by atoms with Crippen molar-refractivity contribution in [3.63, 3.8) is 0 Å². The smallest absolute Gasteiger partial charge is 0.251 e. The molecule has 2 heterocycles. The maximum absolute atomic E-state index is 13.9. The SMILES string of the molecule is COc1ccc(N2C(c3ccc(F)c(C(N)=O)c3)=Nc3occc3C2N)cc1. The van der Waals surface area contributed by atoms with Crippen LogP contribution < -0.4 is 21.1 Å². The van der Waals surface area contributed by atoms with E-state index in [0.29, 0.717) is 28.6 Å². The Labute approximate surface area is 160 Å². The van der Waals surface area contributed by atoms with Gasteiger partial charge in [-0.3, -0.25) is 4.79 Å². The molecule has 4 rings (SSSR count). The highest BCUT2D eigenvalue weighted by atomic mass is 19.1. The van der Waals surface area contributed by atoms with Crippen molar-refractivity contribution in [1.29, 1.82) is 0 Å². The number of amides is 1. The molecule has 0 aliphatic carbocycles. The number of fused-ring (bicyclic) bond motifs is 1. The van der Waals surface area contributed by atoms with E-state index in [-0.39, 0.29) is 5.56 Å². The lowest BCUT2D eigenvalue weighted by molar-refractivity contribution is 0.0996. The highest BCUT2D eigenvalue weighted by Gasteiger charge is 2.32.